The van der Waals surface area contributed by atoms with Crippen molar-refractivity contribution in [3.63, 3.8) is 0 Å². The number of esters is 1. The molecule has 26 heavy (non-hydrogen) atoms. The number of nitrogens with zero attached hydrogens (tertiary/aromatic N) is 2. The second-order valence-corrected chi connectivity index (χ2v) is 6.49. The normalized spacial score (nSPS) is 18.0. The summed E-state index contributed by atoms with van der Waals surface area (Å²) in [5.74, 6) is -2.38. The molecular formula is C16H26N4O6. The number of carbonyl (C=O) groups is 5. The highest BCUT2D eigenvalue weighted by Crippen LogP contribution is 2.20. The van der Waals surface area contributed by atoms with Gasteiger partial charge in [-0.3, -0.25) is 19.2 Å². The molecule has 0 radical (unpaired) electrons. The first-order chi connectivity index (χ1) is 12.0. The van der Waals surface area contributed by atoms with Gasteiger partial charge < -0.3 is 20.3 Å². The number of imide groups is 1. The van der Waals surface area contributed by atoms with E-state index in [2.05, 4.69) is 10.6 Å². The van der Waals surface area contributed by atoms with Crippen LogP contribution in [0.15, 0.2) is 0 Å². The van der Waals surface area contributed by atoms with Crippen LogP contribution in [0, 0.1) is 0 Å². The van der Waals surface area contributed by atoms with Crippen molar-refractivity contribution in [3.05, 3.63) is 0 Å². The second-order valence-electron chi connectivity index (χ2n) is 6.49. The number of carbonyl (C=O) groups excluding carboxylic acids is 5. The van der Waals surface area contributed by atoms with E-state index in [1.165, 1.54) is 34.9 Å². The number of rotatable bonds is 7. The van der Waals surface area contributed by atoms with Crippen LogP contribution in [0.2, 0.25) is 0 Å². The largest absolute Gasteiger partial charge is 0.466 e. The number of amides is 5. The highest BCUT2D eigenvalue weighted by molar-refractivity contribution is 6.09. The van der Waals surface area contributed by atoms with Crippen molar-refractivity contribution in [2.75, 3.05) is 20.7 Å². The Hall–Kier alpha value is -2.65. The molecule has 0 saturated carbocycles. The first-order valence-electron chi connectivity index (χ1n) is 8.27. The predicted octanol–water partition coefficient (Wildman–Crippen LogP) is -0.768. The molecule has 0 aromatic heterocycles. The molecule has 5 amide bonds. The molecule has 2 unspecified atom stereocenters. The fraction of sp³-hybridized carbons (Fsp3) is 0.688. The van der Waals surface area contributed by atoms with Crippen LogP contribution in [0.25, 0.3) is 0 Å². The zero-order chi connectivity index (χ0) is 20.2. The molecule has 1 aliphatic rings. The molecule has 2 atom stereocenters. The van der Waals surface area contributed by atoms with E-state index in [4.69, 9.17) is 4.74 Å². The summed E-state index contributed by atoms with van der Waals surface area (Å²) < 4.78 is 4.83. The third-order valence-corrected chi connectivity index (χ3v) is 4.17. The van der Waals surface area contributed by atoms with Gasteiger partial charge in [-0.15, -0.1) is 0 Å². The summed E-state index contributed by atoms with van der Waals surface area (Å²) in [6, 6.07) is -2.94. The average Bonchev–Trinajstić information content (AvgIpc) is 2.77. The van der Waals surface area contributed by atoms with Gasteiger partial charge in [0.1, 0.15) is 17.6 Å². The number of ether oxygens (including phenoxy) is 1. The number of hydrogen-bond donors (Lipinski definition) is 2. The minimum atomic E-state index is -1.14. The maximum absolute atomic E-state index is 12.8. The molecule has 0 aromatic rings. The average molecular weight is 370 g/mol. The van der Waals surface area contributed by atoms with Crippen LogP contribution in [0.4, 0.5) is 4.79 Å². The van der Waals surface area contributed by atoms with E-state index in [1.54, 1.807) is 6.92 Å². The van der Waals surface area contributed by atoms with Crippen molar-refractivity contribution >= 4 is 29.7 Å². The first-order valence-corrected chi connectivity index (χ1v) is 8.27. The Labute approximate surface area is 152 Å². The predicted molar refractivity (Wildman–Crippen MR) is 90.8 cm³/mol. The van der Waals surface area contributed by atoms with Crippen LogP contribution in [0.3, 0.4) is 0 Å². The topological polar surface area (TPSA) is 125 Å². The number of hydrogen-bond acceptors (Lipinski definition) is 6. The summed E-state index contributed by atoms with van der Waals surface area (Å²) in [7, 11) is 2.71. The monoisotopic (exact) mass is 370 g/mol. The Morgan fingerprint density at radius 1 is 1.31 bits per heavy atom. The third kappa shape index (κ3) is 4.30. The minimum Gasteiger partial charge on any atom is -0.466 e. The molecule has 10 heteroatoms. The number of nitrogens with one attached hydrogen (secondary N) is 2. The van der Waals surface area contributed by atoms with Gasteiger partial charge in [0.15, 0.2) is 0 Å². The van der Waals surface area contributed by atoms with Gasteiger partial charge in [-0.25, -0.2) is 9.69 Å². The van der Waals surface area contributed by atoms with E-state index in [1.807, 2.05) is 0 Å². The van der Waals surface area contributed by atoms with E-state index in [9.17, 15) is 24.0 Å². The maximum Gasteiger partial charge on any atom is 0.325 e. The van der Waals surface area contributed by atoms with Gasteiger partial charge in [-0.05, 0) is 27.7 Å². The van der Waals surface area contributed by atoms with Crippen LogP contribution in [-0.4, -0.2) is 77.8 Å². The molecule has 1 aliphatic heterocycles. The molecule has 1 rings (SSSR count). The molecule has 146 valence electrons. The van der Waals surface area contributed by atoms with Gasteiger partial charge in [-0.2, -0.15) is 0 Å². The van der Waals surface area contributed by atoms with Gasteiger partial charge >= 0.3 is 12.0 Å². The van der Waals surface area contributed by atoms with E-state index >= 15 is 0 Å². The summed E-state index contributed by atoms with van der Waals surface area (Å²) >= 11 is 0. The fourth-order valence-electron chi connectivity index (χ4n) is 2.63. The van der Waals surface area contributed by atoms with Crippen molar-refractivity contribution in [1.82, 2.24) is 20.4 Å². The fourth-order valence-corrected chi connectivity index (χ4v) is 2.63. The molecule has 0 aliphatic carbocycles. The van der Waals surface area contributed by atoms with E-state index in [-0.39, 0.29) is 13.0 Å². The lowest BCUT2D eigenvalue weighted by molar-refractivity contribution is -0.151. The summed E-state index contributed by atoms with van der Waals surface area (Å²) in [6.45, 7) is 6.22. The molecule has 0 bridgehead atoms. The summed E-state index contributed by atoms with van der Waals surface area (Å²) in [5.41, 5.74) is -1.12. The zero-order valence-corrected chi connectivity index (χ0v) is 15.9. The van der Waals surface area contributed by atoms with Crippen LogP contribution in [0.1, 0.15) is 34.1 Å². The number of likely N-dealkylation sites (N-methyl/N-ethyl adjacent to an activating group) is 2. The molecular weight excluding hydrogens is 344 g/mol. The molecule has 0 spiro atoms. The van der Waals surface area contributed by atoms with Gasteiger partial charge in [-0.1, -0.05) is 0 Å². The zero-order valence-electron chi connectivity index (χ0n) is 15.9. The lowest BCUT2D eigenvalue weighted by Gasteiger charge is -2.31. The molecule has 0 aromatic carbocycles. The molecule has 10 nitrogen and oxygen atoms in total. The Balaban J connectivity index is 3.00. The SMILES string of the molecule is CCOC(=O)CC(C(=O)NC)N(C)C(=O)C(C)N1C(=O)NC(C)(C)C1=O. The molecule has 1 heterocycles. The van der Waals surface area contributed by atoms with Crippen molar-refractivity contribution in [2.24, 2.45) is 0 Å². The Kier molecular flexibility index (Phi) is 6.71. The maximum atomic E-state index is 12.8. The standard InChI is InChI=1S/C16H26N4O6/c1-7-26-11(21)8-10(12(22)17-5)19(6)13(23)9(2)20-14(24)16(3,4)18-15(20)25/h9-10H,7-8H2,1-6H3,(H,17,22)(H,18,25). The van der Waals surface area contributed by atoms with Crippen molar-refractivity contribution in [2.45, 2.75) is 51.7 Å². The van der Waals surface area contributed by atoms with E-state index < -0.39 is 47.3 Å². The minimum absolute atomic E-state index is 0.144. The lowest BCUT2D eigenvalue weighted by atomic mass is 10.1. The lowest BCUT2D eigenvalue weighted by Crippen LogP contribution is -2.55. The Morgan fingerprint density at radius 3 is 2.31 bits per heavy atom. The summed E-state index contributed by atoms with van der Waals surface area (Å²) in [4.78, 5) is 62.9. The quantitative estimate of drug-likeness (QED) is 0.448. The first kappa shape index (κ1) is 21.4. The summed E-state index contributed by atoms with van der Waals surface area (Å²) in [6.07, 6.45) is -0.339. The second kappa shape index (κ2) is 8.15. The molecule has 1 saturated heterocycles. The van der Waals surface area contributed by atoms with Gasteiger partial charge in [0.25, 0.3) is 5.91 Å². The third-order valence-electron chi connectivity index (χ3n) is 4.17. The van der Waals surface area contributed by atoms with Gasteiger partial charge in [0, 0.05) is 14.1 Å². The number of urea groups is 1. The van der Waals surface area contributed by atoms with Crippen molar-refractivity contribution in [3.8, 4) is 0 Å². The highest BCUT2D eigenvalue weighted by Gasteiger charge is 2.48. The highest BCUT2D eigenvalue weighted by atomic mass is 16.5. The Bertz CT molecular complexity index is 618. The van der Waals surface area contributed by atoms with Gasteiger partial charge in [0.05, 0.1) is 13.0 Å². The van der Waals surface area contributed by atoms with Crippen LogP contribution >= 0.6 is 0 Å². The van der Waals surface area contributed by atoms with E-state index in [0.29, 0.717) is 0 Å². The van der Waals surface area contributed by atoms with Crippen molar-refractivity contribution in [1.29, 1.82) is 0 Å². The molecule has 1 fully saturated rings. The smallest absolute Gasteiger partial charge is 0.325 e. The summed E-state index contributed by atoms with van der Waals surface area (Å²) in [5, 5.41) is 4.88. The Morgan fingerprint density at radius 2 is 1.88 bits per heavy atom. The molecule has 2 N–H and O–H groups in total. The van der Waals surface area contributed by atoms with Crippen molar-refractivity contribution < 1.29 is 28.7 Å². The van der Waals surface area contributed by atoms with E-state index in [0.717, 1.165) is 9.80 Å². The van der Waals surface area contributed by atoms with Crippen LogP contribution in [0.5, 0.6) is 0 Å². The van der Waals surface area contributed by atoms with Gasteiger partial charge in [0.2, 0.25) is 11.8 Å². The van der Waals surface area contributed by atoms with Crippen LogP contribution < -0.4 is 10.6 Å². The van der Waals surface area contributed by atoms with Crippen LogP contribution in [-0.2, 0) is 23.9 Å².